The Morgan fingerprint density at radius 3 is 2.74 bits per heavy atom. The number of hydrogen-bond donors (Lipinski definition) is 0. The zero-order valence-electron chi connectivity index (χ0n) is 14.0. The molecule has 6 heteroatoms. The molecule has 0 fully saturated rings. The number of esters is 1. The molecule has 0 aromatic carbocycles. The molecule has 0 N–H and O–H groups in total. The average Bonchev–Trinajstić information content (AvgIpc) is 2.97. The highest BCUT2D eigenvalue weighted by molar-refractivity contribution is 5.89. The van der Waals surface area contributed by atoms with Gasteiger partial charge in [0.15, 0.2) is 5.69 Å². The monoisotopic (exact) mass is 320 g/mol. The molecule has 0 aliphatic heterocycles. The van der Waals surface area contributed by atoms with Gasteiger partial charge < -0.3 is 14.2 Å². The summed E-state index contributed by atoms with van der Waals surface area (Å²) < 4.78 is 17.3. The van der Waals surface area contributed by atoms with Gasteiger partial charge in [0.25, 0.3) is 0 Å². The summed E-state index contributed by atoms with van der Waals surface area (Å²) in [6.07, 6.45) is 10.5. The van der Waals surface area contributed by atoms with Gasteiger partial charge >= 0.3 is 12.0 Å². The van der Waals surface area contributed by atoms with Gasteiger partial charge in [0.2, 0.25) is 0 Å². The van der Waals surface area contributed by atoms with Crippen LogP contribution in [-0.2, 0) is 15.9 Å². The van der Waals surface area contributed by atoms with E-state index in [2.05, 4.69) is 11.1 Å². The first-order chi connectivity index (χ1) is 11.2. The molecule has 0 radical (unpaired) electrons. The van der Waals surface area contributed by atoms with Gasteiger partial charge in [0.1, 0.15) is 0 Å². The van der Waals surface area contributed by atoms with E-state index in [0.717, 1.165) is 37.1 Å². The van der Waals surface area contributed by atoms with E-state index in [1.54, 1.807) is 14.2 Å². The number of aromatic nitrogens is 2. The first-order valence-electron chi connectivity index (χ1n) is 7.81. The van der Waals surface area contributed by atoms with Gasteiger partial charge in [-0.1, -0.05) is 12.2 Å². The first kappa shape index (κ1) is 17.3. The van der Waals surface area contributed by atoms with Crippen LogP contribution in [-0.4, -0.2) is 43.5 Å². The SMILES string of the molecule is COCCCCc1c(C(=O)OC)nc(OC)n1C1=CC=CCC1. The number of nitrogens with zero attached hydrogens (tertiary/aromatic N) is 2. The van der Waals surface area contributed by atoms with Crippen molar-refractivity contribution in [2.75, 3.05) is 27.9 Å². The molecule has 1 aromatic heterocycles. The standard InChI is InChI=1S/C17H24N2O4/c1-21-12-8-7-11-14-15(16(20)22-2)18-17(23-3)19(14)13-9-5-4-6-10-13/h4-5,9H,6-8,10-12H2,1-3H3. The van der Waals surface area contributed by atoms with Gasteiger partial charge in [-0.05, 0) is 38.2 Å². The Hall–Kier alpha value is -2.08. The number of unbranched alkanes of at least 4 members (excludes halogenated alkanes) is 1. The van der Waals surface area contributed by atoms with Crippen molar-refractivity contribution in [1.29, 1.82) is 0 Å². The van der Waals surface area contributed by atoms with Gasteiger partial charge in [-0.3, -0.25) is 4.57 Å². The fraction of sp³-hybridized carbons (Fsp3) is 0.529. The van der Waals surface area contributed by atoms with Crippen LogP contribution in [0.25, 0.3) is 5.70 Å². The van der Waals surface area contributed by atoms with Crippen molar-refractivity contribution in [2.45, 2.75) is 32.1 Å². The van der Waals surface area contributed by atoms with E-state index in [4.69, 9.17) is 14.2 Å². The lowest BCUT2D eigenvalue weighted by Gasteiger charge is -2.16. The summed E-state index contributed by atoms with van der Waals surface area (Å²) in [5, 5.41) is 0. The van der Waals surface area contributed by atoms with Crippen molar-refractivity contribution in [3.05, 3.63) is 29.6 Å². The minimum absolute atomic E-state index is 0.331. The second kappa shape index (κ2) is 8.53. The number of imidazole rings is 1. The summed E-state index contributed by atoms with van der Waals surface area (Å²) in [4.78, 5) is 16.4. The topological polar surface area (TPSA) is 62.6 Å². The molecule has 23 heavy (non-hydrogen) atoms. The maximum Gasteiger partial charge on any atom is 0.358 e. The highest BCUT2D eigenvalue weighted by Gasteiger charge is 2.25. The summed E-state index contributed by atoms with van der Waals surface area (Å²) in [6, 6.07) is 0.425. The number of carbonyl (C=O) groups excluding carboxylic acids is 1. The second-order valence-corrected chi connectivity index (χ2v) is 5.30. The lowest BCUT2D eigenvalue weighted by Crippen LogP contribution is -2.10. The van der Waals surface area contributed by atoms with Crippen LogP contribution in [0.3, 0.4) is 0 Å². The van der Waals surface area contributed by atoms with E-state index < -0.39 is 5.97 Å². The maximum absolute atomic E-state index is 12.1. The van der Waals surface area contributed by atoms with Gasteiger partial charge in [0, 0.05) is 19.4 Å². The molecule has 0 saturated carbocycles. The van der Waals surface area contributed by atoms with Gasteiger partial charge in [-0.15, -0.1) is 0 Å². The van der Waals surface area contributed by atoms with Crippen LogP contribution >= 0.6 is 0 Å². The molecule has 1 heterocycles. The van der Waals surface area contributed by atoms with Crippen molar-refractivity contribution in [3.8, 4) is 6.01 Å². The minimum atomic E-state index is -0.434. The molecule has 0 unspecified atom stereocenters. The van der Waals surface area contributed by atoms with Crippen LogP contribution in [0.4, 0.5) is 0 Å². The predicted molar refractivity (Wildman–Crippen MR) is 87.6 cm³/mol. The summed E-state index contributed by atoms with van der Waals surface area (Å²) >= 11 is 0. The van der Waals surface area contributed by atoms with Crippen molar-refractivity contribution < 1.29 is 19.0 Å². The smallest absolute Gasteiger partial charge is 0.358 e. The molecular weight excluding hydrogens is 296 g/mol. The molecule has 2 rings (SSSR count). The van der Waals surface area contributed by atoms with E-state index in [1.807, 2.05) is 16.7 Å². The highest BCUT2D eigenvalue weighted by Crippen LogP contribution is 2.29. The number of methoxy groups -OCH3 is 3. The molecule has 6 nitrogen and oxygen atoms in total. The second-order valence-electron chi connectivity index (χ2n) is 5.30. The molecule has 0 bridgehead atoms. The molecule has 0 saturated heterocycles. The number of rotatable bonds is 8. The minimum Gasteiger partial charge on any atom is -0.468 e. The molecule has 0 amide bonds. The molecule has 126 valence electrons. The third-order valence-electron chi connectivity index (χ3n) is 3.79. The van der Waals surface area contributed by atoms with Gasteiger partial charge in [0.05, 0.1) is 19.9 Å². The lowest BCUT2D eigenvalue weighted by molar-refractivity contribution is 0.0592. The summed E-state index contributed by atoms with van der Waals surface area (Å²) in [5.41, 5.74) is 2.25. The van der Waals surface area contributed by atoms with E-state index in [1.165, 1.54) is 7.11 Å². The van der Waals surface area contributed by atoms with E-state index in [9.17, 15) is 4.79 Å². The van der Waals surface area contributed by atoms with E-state index in [0.29, 0.717) is 24.7 Å². The van der Waals surface area contributed by atoms with Gasteiger partial charge in [-0.2, -0.15) is 4.98 Å². The first-order valence-corrected chi connectivity index (χ1v) is 7.81. The zero-order valence-corrected chi connectivity index (χ0v) is 14.0. The van der Waals surface area contributed by atoms with Crippen molar-refractivity contribution >= 4 is 11.7 Å². The van der Waals surface area contributed by atoms with Gasteiger partial charge in [-0.25, -0.2) is 4.79 Å². The van der Waals surface area contributed by atoms with Crippen LogP contribution in [0, 0.1) is 0 Å². The summed E-state index contributed by atoms with van der Waals surface area (Å²) in [6.45, 7) is 0.699. The Morgan fingerprint density at radius 1 is 1.30 bits per heavy atom. The molecule has 1 aliphatic rings. The Labute approximate surface area is 136 Å². The van der Waals surface area contributed by atoms with E-state index >= 15 is 0 Å². The normalized spacial score (nSPS) is 13.8. The highest BCUT2D eigenvalue weighted by atomic mass is 16.5. The van der Waals surface area contributed by atoms with Crippen molar-refractivity contribution in [2.24, 2.45) is 0 Å². The molecule has 0 atom stereocenters. The third-order valence-corrected chi connectivity index (χ3v) is 3.79. The maximum atomic E-state index is 12.1. The molecule has 1 aliphatic carbocycles. The quantitative estimate of drug-likeness (QED) is 0.544. The molecule has 0 spiro atoms. The van der Waals surface area contributed by atoms with Crippen molar-refractivity contribution in [3.63, 3.8) is 0 Å². The van der Waals surface area contributed by atoms with Crippen LogP contribution in [0.15, 0.2) is 18.2 Å². The number of allylic oxidation sites excluding steroid dienone is 4. The Bertz CT molecular complexity index is 602. The molecular formula is C17H24N2O4. The Morgan fingerprint density at radius 2 is 2.13 bits per heavy atom. The average molecular weight is 320 g/mol. The Balaban J connectivity index is 2.39. The summed E-state index contributed by atoms with van der Waals surface area (Å²) in [5.74, 6) is -0.434. The number of ether oxygens (including phenoxy) is 3. The third kappa shape index (κ3) is 4.01. The predicted octanol–water partition coefficient (Wildman–Crippen LogP) is 2.84. The van der Waals surface area contributed by atoms with E-state index in [-0.39, 0.29) is 0 Å². The van der Waals surface area contributed by atoms with Crippen molar-refractivity contribution in [1.82, 2.24) is 9.55 Å². The van der Waals surface area contributed by atoms with Crippen LogP contribution < -0.4 is 4.74 Å². The fourth-order valence-electron chi connectivity index (χ4n) is 2.67. The van der Waals surface area contributed by atoms with Crippen LogP contribution in [0.5, 0.6) is 6.01 Å². The Kier molecular flexibility index (Phi) is 6.40. The largest absolute Gasteiger partial charge is 0.468 e. The zero-order chi connectivity index (χ0) is 16.7. The van der Waals surface area contributed by atoms with Crippen LogP contribution in [0.2, 0.25) is 0 Å². The number of hydrogen-bond acceptors (Lipinski definition) is 5. The number of carbonyl (C=O) groups is 1. The lowest BCUT2D eigenvalue weighted by atomic mass is 10.1. The fourth-order valence-corrected chi connectivity index (χ4v) is 2.67. The molecule has 1 aromatic rings. The van der Waals surface area contributed by atoms with Crippen LogP contribution in [0.1, 0.15) is 41.9 Å². The summed E-state index contributed by atoms with van der Waals surface area (Å²) in [7, 11) is 4.62.